The van der Waals surface area contributed by atoms with Gasteiger partial charge >= 0.3 is 5.97 Å². The number of carboxylic acids is 1. The normalized spacial score (nSPS) is 11.7. The van der Waals surface area contributed by atoms with Crippen LogP contribution >= 0.6 is 0 Å². The van der Waals surface area contributed by atoms with E-state index in [1.807, 2.05) is 60.7 Å². The number of aliphatic carboxylic acids is 1. The summed E-state index contributed by atoms with van der Waals surface area (Å²) in [6, 6.07) is 18.6. The Morgan fingerprint density at radius 3 is 1.95 bits per heavy atom. The van der Waals surface area contributed by atoms with E-state index in [9.17, 15) is 4.79 Å². The highest BCUT2D eigenvalue weighted by Gasteiger charge is 2.04. The van der Waals surface area contributed by atoms with Gasteiger partial charge in [0.2, 0.25) is 0 Å². The van der Waals surface area contributed by atoms with Gasteiger partial charge in [0.05, 0.1) is 0 Å². The Bertz CT molecular complexity index is 601. The van der Waals surface area contributed by atoms with Crippen LogP contribution in [0.1, 0.15) is 11.1 Å². The molecule has 2 aromatic rings. The number of aliphatic imine (C=N–C) groups is 1. The molecule has 0 aromatic heterocycles. The van der Waals surface area contributed by atoms with Gasteiger partial charge in [-0.3, -0.25) is 0 Å². The number of hydrogen-bond donors (Lipinski definition) is 1. The van der Waals surface area contributed by atoms with Crippen molar-refractivity contribution in [3.63, 3.8) is 0 Å². The summed E-state index contributed by atoms with van der Waals surface area (Å²) in [5.74, 6) is -1.05. The lowest BCUT2D eigenvalue weighted by Gasteiger charge is -1.97. The number of nitrogens with zero attached hydrogens (tertiary/aromatic N) is 1. The fourth-order valence-corrected chi connectivity index (χ4v) is 1.54. The fraction of sp³-hybridized carbons (Fsp3) is 0. The lowest BCUT2D eigenvalue weighted by Crippen LogP contribution is -1.98. The highest BCUT2D eigenvalue weighted by Crippen LogP contribution is 2.08. The van der Waals surface area contributed by atoms with Gasteiger partial charge in [-0.15, -0.1) is 0 Å². The van der Waals surface area contributed by atoms with Crippen LogP contribution in [0.4, 0.5) is 0 Å². The van der Waals surface area contributed by atoms with Gasteiger partial charge in [0.25, 0.3) is 0 Å². The van der Waals surface area contributed by atoms with Gasteiger partial charge in [-0.25, -0.2) is 9.79 Å². The molecule has 94 valence electrons. The third-order valence-corrected chi connectivity index (χ3v) is 2.47. The Morgan fingerprint density at radius 1 is 0.895 bits per heavy atom. The Hall–Kier alpha value is -2.68. The fourth-order valence-electron chi connectivity index (χ4n) is 1.54. The zero-order chi connectivity index (χ0) is 13.5. The zero-order valence-corrected chi connectivity index (χ0v) is 10.2. The van der Waals surface area contributed by atoms with Gasteiger partial charge in [0.15, 0.2) is 0 Å². The molecule has 3 nitrogen and oxygen atoms in total. The van der Waals surface area contributed by atoms with Crippen molar-refractivity contribution >= 4 is 18.3 Å². The van der Waals surface area contributed by atoms with E-state index in [2.05, 4.69) is 4.99 Å². The van der Waals surface area contributed by atoms with E-state index >= 15 is 0 Å². The molecular weight excluding hydrogens is 238 g/mol. The van der Waals surface area contributed by atoms with Crippen molar-refractivity contribution in [3.05, 3.63) is 77.5 Å². The predicted molar refractivity (Wildman–Crippen MR) is 76.1 cm³/mol. The van der Waals surface area contributed by atoms with Crippen molar-refractivity contribution < 1.29 is 9.90 Å². The van der Waals surface area contributed by atoms with E-state index < -0.39 is 5.97 Å². The van der Waals surface area contributed by atoms with Crippen molar-refractivity contribution in [2.45, 2.75) is 0 Å². The minimum atomic E-state index is -1.05. The molecule has 0 atom stereocenters. The zero-order valence-electron chi connectivity index (χ0n) is 10.2. The van der Waals surface area contributed by atoms with E-state index in [0.717, 1.165) is 11.1 Å². The number of hydrogen-bond acceptors (Lipinski definition) is 2. The molecule has 1 N–H and O–H groups in total. The number of carboxylic acid groups (broad SMARTS) is 1. The van der Waals surface area contributed by atoms with Crippen LogP contribution in [0.25, 0.3) is 6.08 Å². The average molecular weight is 251 g/mol. The van der Waals surface area contributed by atoms with E-state index in [-0.39, 0.29) is 5.70 Å². The van der Waals surface area contributed by atoms with Crippen molar-refractivity contribution in [1.82, 2.24) is 0 Å². The molecule has 0 bridgehead atoms. The Balaban J connectivity index is 2.25. The maximum Gasteiger partial charge on any atom is 0.354 e. The van der Waals surface area contributed by atoms with Gasteiger partial charge in [-0.05, 0) is 17.2 Å². The largest absolute Gasteiger partial charge is 0.477 e. The summed E-state index contributed by atoms with van der Waals surface area (Å²) in [6.45, 7) is 0. The minimum Gasteiger partial charge on any atom is -0.477 e. The average Bonchev–Trinajstić information content (AvgIpc) is 2.45. The number of rotatable bonds is 4. The van der Waals surface area contributed by atoms with Crippen LogP contribution in [-0.4, -0.2) is 17.3 Å². The SMILES string of the molecule is O=C(O)C(=Cc1ccccc1)N=Cc1ccccc1. The summed E-state index contributed by atoms with van der Waals surface area (Å²) in [7, 11) is 0. The summed E-state index contributed by atoms with van der Waals surface area (Å²) in [5.41, 5.74) is 1.68. The van der Waals surface area contributed by atoms with Crippen LogP contribution in [-0.2, 0) is 4.79 Å². The molecule has 2 aromatic carbocycles. The van der Waals surface area contributed by atoms with Crippen molar-refractivity contribution in [3.8, 4) is 0 Å². The summed E-state index contributed by atoms with van der Waals surface area (Å²) >= 11 is 0. The van der Waals surface area contributed by atoms with E-state index in [1.165, 1.54) is 0 Å². The van der Waals surface area contributed by atoms with Gasteiger partial charge in [0, 0.05) is 6.21 Å². The second kappa shape index (κ2) is 6.31. The maximum atomic E-state index is 11.1. The third-order valence-electron chi connectivity index (χ3n) is 2.47. The van der Waals surface area contributed by atoms with Crippen LogP contribution in [0.5, 0.6) is 0 Å². The smallest absolute Gasteiger partial charge is 0.354 e. The first-order valence-corrected chi connectivity index (χ1v) is 5.85. The molecule has 0 spiro atoms. The van der Waals surface area contributed by atoms with Crippen LogP contribution in [0, 0.1) is 0 Å². The first-order chi connectivity index (χ1) is 9.25. The Morgan fingerprint density at radius 2 is 1.42 bits per heavy atom. The molecule has 0 fully saturated rings. The molecular formula is C16H13NO2. The molecule has 0 aliphatic rings. The number of benzene rings is 2. The topological polar surface area (TPSA) is 49.7 Å². The van der Waals surface area contributed by atoms with E-state index in [4.69, 9.17) is 5.11 Å². The molecule has 0 aliphatic carbocycles. The highest BCUT2D eigenvalue weighted by atomic mass is 16.4. The summed E-state index contributed by atoms with van der Waals surface area (Å²) in [6.07, 6.45) is 3.09. The first kappa shape index (κ1) is 12.8. The van der Waals surface area contributed by atoms with Gasteiger partial charge in [-0.2, -0.15) is 0 Å². The third kappa shape index (κ3) is 3.92. The molecule has 0 radical (unpaired) electrons. The summed E-state index contributed by atoms with van der Waals surface area (Å²) in [4.78, 5) is 15.2. The quantitative estimate of drug-likeness (QED) is 0.670. The second-order valence-corrected chi connectivity index (χ2v) is 3.91. The molecule has 0 saturated heterocycles. The molecule has 0 heterocycles. The lowest BCUT2D eigenvalue weighted by molar-refractivity contribution is -0.132. The monoisotopic (exact) mass is 251 g/mol. The molecule has 0 unspecified atom stereocenters. The molecule has 0 saturated carbocycles. The van der Waals surface area contributed by atoms with Crippen LogP contribution in [0.15, 0.2) is 71.4 Å². The predicted octanol–water partition coefficient (Wildman–Crippen LogP) is 3.23. The van der Waals surface area contributed by atoms with Crippen LogP contribution in [0.3, 0.4) is 0 Å². The van der Waals surface area contributed by atoms with Crippen molar-refractivity contribution in [2.75, 3.05) is 0 Å². The maximum absolute atomic E-state index is 11.1. The van der Waals surface area contributed by atoms with E-state index in [1.54, 1.807) is 12.3 Å². The summed E-state index contributed by atoms with van der Waals surface area (Å²) in [5, 5.41) is 9.13. The van der Waals surface area contributed by atoms with Crippen LogP contribution in [0.2, 0.25) is 0 Å². The number of carbonyl (C=O) groups is 1. The van der Waals surface area contributed by atoms with Gasteiger partial charge < -0.3 is 5.11 Å². The van der Waals surface area contributed by atoms with Crippen molar-refractivity contribution in [1.29, 1.82) is 0 Å². The highest BCUT2D eigenvalue weighted by molar-refractivity contribution is 5.95. The minimum absolute atomic E-state index is 0.00931. The van der Waals surface area contributed by atoms with Gasteiger partial charge in [-0.1, -0.05) is 60.7 Å². The molecule has 0 amide bonds. The molecule has 2 rings (SSSR count). The Kier molecular flexibility index (Phi) is 4.24. The lowest BCUT2D eigenvalue weighted by atomic mass is 10.2. The second-order valence-electron chi connectivity index (χ2n) is 3.91. The molecule has 0 aliphatic heterocycles. The molecule has 19 heavy (non-hydrogen) atoms. The first-order valence-electron chi connectivity index (χ1n) is 5.85. The van der Waals surface area contributed by atoms with Gasteiger partial charge in [0.1, 0.15) is 5.70 Å². The summed E-state index contributed by atoms with van der Waals surface area (Å²) < 4.78 is 0. The van der Waals surface area contributed by atoms with Crippen molar-refractivity contribution in [2.24, 2.45) is 4.99 Å². The van der Waals surface area contributed by atoms with E-state index in [0.29, 0.717) is 0 Å². The van der Waals surface area contributed by atoms with Crippen LogP contribution < -0.4 is 0 Å². The molecule has 3 heteroatoms. The standard InChI is InChI=1S/C16H13NO2/c18-16(19)15(11-13-7-3-1-4-8-13)17-12-14-9-5-2-6-10-14/h1-12H,(H,18,19). The Labute approximate surface area is 111 Å².